The second kappa shape index (κ2) is 10.4. The number of methoxy groups -OCH3 is 1. The maximum Gasteiger partial charge on any atom is 0.282 e. The topological polar surface area (TPSA) is 91.7 Å². The van der Waals surface area contributed by atoms with Crippen LogP contribution in [0.1, 0.15) is 22.3 Å². The summed E-state index contributed by atoms with van der Waals surface area (Å²) in [4.78, 5) is 25.5. The van der Waals surface area contributed by atoms with Crippen LogP contribution in [0.5, 0.6) is 11.5 Å². The van der Waals surface area contributed by atoms with Gasteiger partial charge >= 0.3 is 0 Å². The summed E-state index contributed by atoms with van der Waals surface area (Å²) in [7, 11) is 1.52. The lowest BCUT2D eigenvalue weighted by Gasteiger charge is -2.16. The molecule has 1 N–H and O–H groups in total. The molecule has 0 unspecified atom stereocenters. The number of para-hydroxylation sites is 1. The van der Waals surface area contributed by atoms with Crippen LogP contribution in [0.4, 0.5) is 5.69 Å². The summed E-state index contributed by atoms with van der Waals surface area (Å²) in [5.74, 6) is 0.0159. The quantitative estimate of drug-likeness (QED) is 0.304. The number of hydrogen-bond donors (Lipinski definition) is 1. The van der Waals surface area contributed by atoms with Crippen molar-refractivity contribution < 1.29 is 19.1 Å². The third kappa shape index (κ3) is 4.92. The lowest BCUT2D eigenvalue weighted by atomic mass is 10.0. The average Bonchev–Trinajstić information content (AvgIpc) is 3.17. The minimum Gasteiger partial charge on any atom is -0.493 e. The lowest BCUT2D eigenvalue weighted by Crippen LogP contribution is -2.35. The van der Waals surface area contributed by atoms with E-state index in [1.807, 2.05) is 24.3 Å². The van der Waals surface area contributed by atoms with Crippen LogP contribution in [0.2, 0.25) is 0 Å². The molecule has 0 aliphatic carbocycles. The SMILES string of the molecule is C=CCc1cc(C=C2C(=O)NN(c3ccccc3)C2=O)cc(OC)c1OCc1ccccc1C#N. The molecule has 1 aliphatic rings. The average molecular weight is 466 g/mol. The molecule has 3 aromatic carbocycles. The van der Waals surface area contributed by atoms with Gasteiger partial charge in [-0.05, 0) is 48.4 Å². The number of nitriles is 1. The zero-order valence-corrected chi connectivity index (χ0v) is 19.2. The largest absolute Gasteiger partial charge is 0.493 e. The Hall–Kier alpha value is -4.83. The number of allylic oxidation sites excluding steroid dienone is 1. The van der Waals surface area contributed by atoms with E-state index < -0.39 is 11.8 Å². The van der Waals surface area contributed by atoms with Gasteiger partial charge in [0, 0.05) is 11.1 Å². The van der Waals surface area contributed by atoms with Crippen LogP contribution in [-0.2, 0) is 22.6 Å². The first-order valence-corrected chi connectivity index (χ1v) is 10.9. The number of rotatable bonds is 8. The molecule has 0 spiro atoms. The molecule has 0 radical (unpaired) electrons. The maximum absolute atomic E-state index is 12.9. The number of carbonyl (C=O) groups excluding carboxylic acids is 2. The highest BCUT2D eigenvalue weighted by atomic mass is 16.5. The molecule has 3 aromatic rings. The first-order valence-electron chi connectivity index (χ1n) is 10.9. The predicted octanol–water partition coefficient (Wildman–Crippen LogP) is 4.34. The first kappa shape index (κ1) is 23.3. The fraction of sp³-hybridized carbons (Fsp3) is 0.107. The minimum atomic E-state index is -0.489. The monoisotopic (exact) mass is 465 g/mol. The summed E-state index contributed by atoms with van der Waals surface area (Å²) >= 11 is 0. The number of carbonyl (C=O) groups is 2. The number of nitrogens with zero attached hydrogens (tertiary/aromatic N) is 2. The highest BCUT2D eigenvalue weighted by Gasteiger charge is 2.34. The summed E-state index contributed by atoms with van der Waals surface area (Å²) in [5, 5.41) is 10.6. The van der Waals surface area contributed by atoms with E-state index in [0.717, 1.165) is 11.1 Å². The molecule has 0 aromatic heterocycles. The van der Waals surface area contributed by atoms with E-state index in [0.29, 0.717) is 34.7 Å². The van der Waals surface area contributed by atoms with Crippen molar-refractivity contribution in [3.05, 3.63) is 107 Å². The van der Waals surface area contributed by atoms with Crippen LogP contribution < -0.4 is 19.9 Å². The van der Waals surface area contributed by atoms with E-state index in [1.54, 1.807) is 48.5 Å². The van der Waals surface area contributed by atoms with E-state index in [-0.39, 0.29) is 12.2 Å². The Labute approximate surface area is 203 Å². The van der Waals surface area contributed by atoms with Gasteiger partial charge in [-0.3, -0.25) is 15.0 Å². The van der Waals surface area contributed by atoms with Gasteiger partial charge in [0.1, 0.15) is 12.2 Å². The van der Waals surface area contributed by atoms with Gasteiger partial charge in [-0.2, -0.15) is 5.26 Å². The Balaban J connectivity index is 1.66. The van der Waals surface area contributed by atoms with Crippen molar-refractivity contribution in [1.29, 1.82) is 5.26 Å². The number of anilines is 1. The predicted molar refractivity (Wildman–Crippen MR) is 132 cm³/mol. The molecule has 7 nitrogen and oxygen atoms in total. The van der Waals surface area contributed by atoms with Gasteiger partial charge in [0.05, 0.1) is 24.4 Å². The second-order valence-electron chi connectivity index (χ2n) is 7.74. The molecule has 0 bridgehead atoms. The molecule has 1 heterocycles. The van der Waals surface area contributed by atoms with Gasteiger partial charge in [0.15, 0.2) is 11.5 Å². The van der Waals surface area contributed by atoms with Crippen molar-refractivity contribution >= 4 is 23.6 Å². The van der Waals surface area contributed by atoms with Gasteiger partial charge in [0.25, 0.3) is 11.8 Å². The Morgan fingerprint density at radius 1 is 1.06 bits per heavy atom. The van der Waals surface area contributed by atoms with E-state index in [4.69, 9.17) is 9.47 Å². The van der Waals surface area contributed by atoms with Crippen molar-refractivity contribution in [3.8, 4) is 17.6 Å². The summed E-state index contributed by atoms with van der Waals surface area (Å²) in [6.07, 6.45) is 3.73. The number of hydrogen-bond acceptors (Lipinski definition) is 5. The van der Waals surface area contributed by atoms with Crippen LogP contribution in [0.3, 0.4) is 0 Å². The van der Waals surface area contributed by atoms with Crippen LogP contribution in [0.15, 0.2) is 85.0 Å². The summed E-state index contributed by atoms with van der Waals surface area (Å²) in [6.45, 7) is 4.00. The second-order valence-corrected chi connectivity index (χ2v) is 7.74. The minimum absolute atomic E-state index is 0.0112. The van der Waals surface area contributed by atoms with Crippen LogP contribution in [0.25, 0.3) is 6.08 Å². The number of nitrogens with one attached hydrogen (secondary N) is 1. The molecule has 35 heavy (non-hydrogen) atoms. The lowest BCUT2D eigenvalue weighted by molar-refractivity contribution is -0.117. The summed E-state index contributed by atoms with van der Waals surface area (Å²) in [6, 6.07) is 21.8. The fourth-order valence-corrected chi connectivity index (χ4v) is 3.78. The van der Waals surface area contributed by atoms with E-state index >= 15 is 0 Å². The molecular formula is C28H23N3O4. The fourth-order valence-electron chi connectivity index (χ4n) is 3.78. The Morgan fingerprint density at radius 2 is 1.80 bits per heavy atom. The number of ether oxygens (including phenoxy) is 2. The van der Waals surface area contributed by atoms with Crippen molar-refractivity contribution in [2.24, 2.45) is 0 Å². The molecule has 1 aliphatic heterocycles. The Bertz CT molecular complexity index is 1360. The number of benzene rings is 3. The van der Waals surface area contributed by atoms with Crippen LogP contribution >= 0.6 is 0 Å². The van der Waals surface area contributed by atoms with E-state index in [9.17, 15) is 14.9 Å². The summed E-state index contributed by atoms with van der Waals surface area (Å²) < 4.78 is 11.7. The zero-order chi connectivity index (χ0) is 24.8. The summed E-state index contributed by atoms with van der Waals surface area (Å²) in [5.41, 5.74) is 5.84. The van der Waals surface area contributed by atoms with Crippen molar-refractivity contribution in [1.82, 2.24) is 5.43 Å². The van der Waals surface area contributed by atoms with Gasteiger partial charge < -0.3 is 9.47 Å². The highest BCUT2D eigenvalue weighted by molar-refractivity contribution is 6.31. The Kier molecular flexibility index (Phi) is 6.94. The smallest absolute Gasteiger partial charge is 0.282 e. The maximum atomic E-state index is 12.9. The van der Waals surface area contributed by atoms with Gasteiger partial charge in [-0.1, -0.05) is 42.5 Å². The first-order chi connectivity index (χ1) is 17.0. The molecule has 7 heteroatoms. The number of hydrazine groups is 1. The third-order valence-electron chi connectivity index (χ3n) is 5.46. The standard InChI is InChI=1S/C28H23N3O4/c1-3-9-20-14-19(15-24-27(32)30-31(28(24)33)23-12-5-4-6-13-23)16-25(34-2)26(20)35-18-22-11-8-7-10-21(22)17-29/h3-8,10-16H,1,9,18H2,2H3,(H,30,32). The highest BCUT2D eigenvalue weighted by Crippen LogP contribution is 2.35. The molecule has 1 saturated heterocycles. The van der Waals surface area contributed by atoms with Crippen LogP contribution in [0, 0.1) is 11.3 Å². The molecule has 0 saturated carbocycles. The van der Waals surface area contributed by atoms with Gasteiger partial charge in [0.2, 0.25) is 0 Å². The van der Waals surface area contributed by atoms with Gasteiger partial charge in [-0.15, -0.1) is 6.58 Å². The molecule has 4 rings (SSSR count). The van der Waals surface area contributed by atoms with E-state index in [1.165, 1.54) is 18.2 Å². The number of amides is 2. The van der Waals surface area contributed by atoms with Crippen LogP contribution in [-0.4, -0.2) is 18.9 Å². The molecule has 1 fully saturated rings. The van der Waals surface area contributed by atoms with Gasteiger partial charge in [-0.25, -0.2) is 5.01 Å². The van der Waals surface area contributed by atoms with Crippen molar-refractivity contribution in [3.63, 3.8) is 0 Å². The normalized spacial score (nSPS) is 13.9. The van der Waals surface area contributed by atoms with E-state index in [2.05, 4.69) is 18.1 Å². The Morgan fingerprint density at radius 3 is 2.51 bits per heavy atom. The molecule has 174 valence electrons. The zero-order valence-electron chi connectivity index (χ0n) is 19.2. The third-order valence-corrected chi connectivity index (χ3v) is 5.46. The molecule has 0 atom stereocenters. The molecular weight excluding hydrogens is 442 g/mol. The van der Waals surface area contributed by atoms with Crippen molar-refractivity contribution in [2.45, 2.75) is 13.0 Å². The molecule has 2 amide bonds. The van der Waals surface area contributed by atoms with Crippen molar-refractivity contribution in [2.75, 3.05) is 12.1 Å².